The first-order chi connectivity index (χ1) is 10.9. The molecule has 2 aliphatic rings. The molecule has 23 heavy (non-hydrogen) atoms. The lowest BCUT2D eigenvalue weighted by Crippen LogP contribution is -2.52. The number of amides is 1. The summed E-state index contributed by atoms with van der Waals surface area (Å²) in [6.45, 7) is 5.11. The van der Waals surface area contributed by atoms with Crippen molar-refractivity contribution in [3.05, 3.63) is 28.3 Å². The average Bonchev–Trinajstić information content (AvgIpc) is 2.50. The minimum atomic E-state index is -0.520. The molecule has 0 aliphatic carbocycles. The quantitative estimate of drug-likeness (QED) is 0.785. The second kappa shape index (κ2) is 6.04. The Morgan fingerprint density at radius 2 is 2.09 bits per heavy atom. The lowest BCUT2D eigenvalue weighted by atomic mass is 9.82. The van der Waals surface area contributed by atoms with Crippen LogP contribution >= 0.6 is 11.6 Å². The number of carbonyl (C=O) groups excluding carboxylic acids is 2. The molecule has 3 rings (SSSR count). The number of fused-ring (bicyclic) bond motifs is 1. The number of hydrogen-bond acceptors (Lipinski definition) is 4. The molecule has 5 nitrogen and oxygen atoms in total. The normalized spacial score (nSPS) is 19.3. The zero-order chi connectivity index (χ0) is 16.6. The second-order valence-corrected chi connectivity index (χ2v) is 6.58. The van der Waals surface area contributed by atoms with Gasteiger partial charge >= 0.3 is 6.09 Å². The highest BCUT2D eigenvalue weighted by Gasteiger charge is 2.44. The molecule has 0 atom stereocenters. The van der Waals surface area contributed by atoms with Gasteiger partial charge < -0.3 is 14.4 Å². The molecule has 1 saturated heterocycles. The first-order valence-electron chi connectivity index (χ1n) is 7.88. The number of benzene rings is 1. The Labute approximate surface area is 140 Å². The fraction of sp³-hybridized carbons (Fsp3) is 0.529. The van der Waals surface area contributed by atoms with E-state index in [-0.39, 0.29) is 11.9 Å². The molecule has 1 amide bonds. The summed E-state index contributed by atoms with van der Waals surface area (Å²) < 4.78 is 11.2. The third-order valence-electron chi connectivity index (χ3n) is 4.57. The van der Waals surface area contributed by atoms with E-state index in [9.17, 15) is 9.59 Å². The van der Waals surface area contributed by atoms with Crippen LogP contribution in [-0.4, -0.2) is 42.1 Å². The van der Waals surface area contributed by atoms with Gasteiger partial charge in [0.2, 0.25) is 0 Å². The highest BCUT2D eigenvalue weighted by atomic mass is 35.5. The van der Waals surface area contributed by atoms with Crippen molar-refractivity contribution in [3.8, 4) is 5.75 Å². The van der Waals surface area contributed by atoms with Gasteiger partial charge in [-0.25, -0.2) is 4.79 Å². The van der Waals surface area contributed by atoms with Crippen LogP contribution in [-0.2, 0) is 4.74 Å². The number of Topliss-reactive ketones (excluding diaryl/α,β-unsaturated/α-hetero) is 1. The predicted molar refractivity (Wildman–Crippen MR) is 86.3 cm³/mol. The summed E-state index contributed by atoms with van der Waals surface area (Å²) in [7, 11) is 0. The van der Waals surface area contributed by atoms with Crippen LogP contribution in [0.2, 0.25) is 5.02 Å². The number of nitrogens with zero attached hydrogens (tertiary/aromatic N) is 1. The van der Waals surface area contributed by atoms with E-state index < -0.39 is 5.60 Å². The van der Waals surface area contributed by atoms with Gasteiger partial charge in [0.1, 0.15) is 11.4 Å². The molecule has 0 radical (unpaired) electrons. The first-order valence-corrected chi connectivity index (χ1v) is 8.26. The van der Waals surface area contributed by atoms with Gasteiger partial charge in [-0.3, -0.25) is 4.79 Å². The minimum absolute atomic E-state index is 0.0535. The largest absolute Gasteiger partial charge is 0.486 e. The highest BCUT2D eigenvalue weighted by molar-refractivity contribution is 6.31. The Hall–Kier alpha value is -1.75. The summed E-state index contributed by atoms with van der Waals surface area (Å²) in [6, 6.07) is 3.52. The summed E-state index contributed by atoms with van der Waals surface area (Å²) in [5.41, 5.74) is 0.922. The van der Waals surface area contributed by atoms with Crippen LogP contribution in [0.5, 0.6) is 5.75 Å². The van der Waals surface area contributed by atoms with E-state index in [0.717, 1.165) is 5.56 Å². The summed E-state index contributed by atoms with van der Waals surface area (Å²) in [5.74, 6) is 0.658. The van der Waals surface area contributed by atoms with Gasteiger partial charge in [-0.15, -0.1) is 0 Å². The van der Waals surface area contributed by atoms with Crippen molar-refractivity contribution >= 4 is 23.5 Å². The topological polar surface area (TPSA) is 55.8 Å². The van der Waals surface area contributed by atoms with Crippen molar-refractivity contribution < 1.29 is 19.1 Å². The number of carbonyl (C=O) groups is 2. The maximum absolute atomic E-state index is 12.5. The molecule has 1 spiro atoms. The fourth-order valence-electron chi connectivity index (χ4n) is 3.20. The third-order valence-corrected chi connectivity index (χ3v) is 4.98. The maximum Gasteiger partial charge on any atom is 0.409 e. The van der Waals surface area contributed by atoms with Crippen molar-refractivity contribution in [2.24, 2.45) is 0 Å². The number of hydrogen-bond donors (Lipinski definition) is 0. The molecule has 1 aromatic rings. The summed E-state index contributed by atoms with van der Waals surface area (Å²) in [6.07, 6.45) is 1.28. The number of ether oxygens (including phenoxy) is 2. The van der Waals surface area contributed by atoms with Gasteiger partial charge in [0.05, 0.1) is 18.6 Å². The minimum Gasteiger partial charge on any atom is -0.486 e. The molecule has 1 aromatic carbocycles. The fourth-order valence-corrected chi connectivity index (χ4v) is 3.37. The van der Waals surface area contributed by atoms with Crippen molar-refractivity contribution in [3.63, 3.8) is 0 Å². The van der Waals surface area contributed by atoms with Gasteiger partial charge in [-0.2, -0.15) is 0 Å². The van der Waals surface area contributed by atoms with E-state index in [1.54, 1.807) is 17.9 Å². The summed E-state index contributed by atoms with van der Waals surface area (Å²) in [4.78, 5) is 26.0. The van der Waals surface area contributed by atoms with Crippen LogP contribution in [0, 0.1) is 6.92 Å². The van der Waals surface area contributed by atoms with Crippen LogP contribution < -0.4 is 4.74 Å². The van der Waals surface area contributed by atoms with E-state index in [2.05, 4.69) is 0 Å². The Kier molecular flexibility index (Phi) is 4.23. The van der Waals surface area contributed by atoms with Crippen LogP contribution in [0.3, 0.4) is 0 Å². The maximum atomic E-state index is 12.5. The number of halogens is 1. The number of aryl methyl sites for hydroxylation is 1. The first kappa shape index (κ1) is 16.1. The monoisotopic (exact) mass is 337 g/mol. The SMILES string of the molecule is CCOC(=O)N1CCC2(CC1)CC(=O)c1cc(Cl)c(C)cc1O2. The van der Waals surface area contributed by atoms with E-state index >= 15 is 0 Å². The predicted octanol–water partition coefficient (Wildman–Crippen LogP) is 3.60. The molecular formula is C17H20ClNO4. The zero-order valence-corrected chi connectivity index (χ0v) is 14.1. The molecule has 6 heteroatoms. The Morgan fingerprint density at radius 1 is 1.39 bits per heavy atom. The highest BCUT2D eigenvalue weighted by Crippen LogP contribution is 2.41. The Morgan fingerprint density at radius 3 is 2.74 bits per heavy atom. The molecular weight excluding hydrogens is 318 g/mol. The Balaban J connectivity index is 1.77. The van der Waals surface area contributed by atoms with Crippen molar-refractivity contribution in [1.29, 1.82) is 0 Å². The van der Waals surface area contributed by atoms with Crippen molar-refractivity contribution in [2.75, 3.05) is 19.7 Å². The average molecular weight is 338 g/mol. The zero-order valence-electron chi connectivity index (χ0n) is 13.4. The van der Waals surface area contributed by atoms with E-state index in [1.165, 1.54) is 0 Å². The molecule has 2 aliphatic heterocycles. The second-order valence-electron chi connectivity index (χ2n) is 6.17. The van der Waals surface area contributed by atoms with Crippen molar-refractivity contribution in [2.45, 2.75) is 38.7 Å². The standard InChI is InChI=1S/C17H20ClNO4/c1-3-22-16(21)19-6-4-17(5-7-19)10-14(20)12-9-13(18)11(2)8-15(12)23-17/h8-9H,3-7,10H2,1-2H3. The number of piperidine rings is 1. The van der Waals surface area contributed by atoms with Gasteiger partial charge in [0, 0.05) is 31.0 Å². The molecule has 0 aromatic heterocycles. The molecule has 0 unspecified atom stereocenters. The Bertz CT molecular complexity index is 650. The van der Waals surface area contributed by atoms with Gasteiger partial charge in [0.25, 0.3) is 0 Å². The van der Waals surface area contributed by atoms with Gasteiger partial charge in [-0.1, -0.05) is 11.6 Å². The van der Waals surface area contributed by atoms with E-state index in [0.29, 0.717) is 55.3 Å². The van der Waals surface area contributed by atoms with Crippen molar-refractivity contribution in [1.82, 2.24) is 4.90 Å². The molecule has 0 saturated carbocycles. The van der Waals surface area contributed by atoms with Crippen LogP contribution in [0.15, 0.2) is 12.1 Å². The lowest BCUT2D eigenvalue weighted by Gasteiger charge is -2.43. The lowest BCUT2D eigenvalue weighted by molar-refractivity contribution is -0.00861. The van der Waals surface area contributed by atoms with Gasteiger partial charge in [0.15, 0.2) is 5.78 Å². The number of ketones is 1. The molecule has 0 bridgehead atoms. The van der Waals surface area contributed by atoms with Crippen LogP contribution in [0.25, 0.3) is 0 Å². The van der Waals surface area contributed by atoms with Crippen LogP contribution in [0.4, 0.5) is 4.79 Å². The molecule has 124 valence electrons. The molecule has 1 fully saturated rings. The van der Waals surface area contributed by atoms with E-state index in [4.69, 9.17) is 21.1 Å². The number of likely N-dealkylation sites (tertiary alicyclic amines) is 1. The summed E-state index contributed by atoms with van der Waals surface area (Å²) in [5, 5.41) is 0.578. The van der Waals surface area contributed by atoms with E-state index in [1.807, 2.05) is 13.0 Å². The third kappa shape index (κ3) is 3.02. The van der Waals surface area contributed by atoms with Gasteiger partial charge in [-0.05, 0) is 31.5 Å². The molecule has 0 N–H and O–H groups in total. The van der Waals surface area contributed by atoms with Crippen LogP contribution in [0.1, 0.15) is 42.1 Å². The number of rotatable bonds is 1. The molecule has 2 heterocycles. The summed E-state index contributed by atoms with van der Waals surface area (Å²) >= 11 is 6.11. The smallest absolute Gasteiger partial charge is 0.409 e.